The van der Waals surface area contributed by atoms with Gasteiger partial charge in [0, 0.05) is 24.7 Å². The van der Waals surface area contributed by atoms with E-state index < -0.39 is 5.72 Å². The van der Waals surface area contributed by atoms with Crippen molar-refractivity contribution in [2.24, 2.45) is 10.2 Å². The van der Waals surface area contributed by atoms with E-state index in [1.165, 1.54) is 25.3 Å². The summed E-state index contributed by atoms with van der Waals surface area (Å²) >= 11 is 0. The number of nitrogens with zero attached hydrogens (tertiary/aromatic N) is 3. The SMILES string of the molecule is C=CC(=O)OCCCCCCCCCCOC1(N=Nc2ccccc2)C=CC(C#N)=CC1. The van der Waals surface area contributed by atoms with E-state index in [1.54, 1.807) is 6.08 Å². The molecule has 32 heavy (non-hydrogen) atoms. The van der Waals surface area contributed by atoms with E-state index in [-0.39, 0.29) is 5.97 Å². The third-order valence-corrected chi connectivity index (χ3v) is 5.16. The van der Waals surface area contributed by atoms with Crippen molar-refractivity contribution < 1.29 is 14.3 Å². The summed E-state index contributed by atoms with van der Waals surface area (Å²) in [6.07, 6.45) is 15.9. The van der Waals surface area contributed by atoms with Crippen LogP contribution in [0.25, 0.3) is 0 Å². The van der Waals surface area contributed by atoms with E-state index >= 15 is 0 Å². The number of hydrogen-bond donors (Lipinski definition) is 0. The molecule has 0 bridgehead atoms. The van der Waals surface area contributed by atoms with Gasteiger partial charge >= 0.3 is 5.97 Å². The molecule has 1 aromatic carbocycles. The average Bonchev–Trinajstić information content (AvgIpc) is 2.84. The standard InChI is InChI=1S/C26H33N3O3/c1-2-25(30)31-20-12-7-5-3-4-6-8-13-21-32-26(18-16-23(22-27)17-19-26)29-28-24-14-10-9-11-15-24/h2,9-11,14-18H,1,3-8,12-13,19-21H2. The van der Waals surface area contributed by atoms with Crippen molar-refractivity contribution in [1.29, 1.82) is 5.26 Å². The molecule has 6 heteroatoms. The first-order valence-electron chi connectivity index (χ1n) is 11.4. The summed E-state index contributed by atoms with van der Waals surface area (Å²) in [6.45, 7) is 4.46. The van der Waals surface area contributed by atoms with Crippen molar-refractivity contribution >= 4 is 11.7 Å². The van der Waals surface area contributed by atoms with E-state index in [2.05, 4.69) is 22.9 Å². The van der Waals surface area contributed by atoms with Gasteiger partial charge in [-0.1, -0.05) is 69.4 Å². The van der Waals surface area contributed by atoms with Crippen LogP contribution in [0.1, 0.15) is 57.8 Å². The van der Waals surface area contributed by atoms with Crippen LogP contribution in [0.2, 0.25) is 0 Å². The Balaban J connectivity index is 1.63. The lowest BCUT2D eigenvalue weighted by Crippen LogP contribution is -2.29. The Morgan fingerprint density at radius 3 is 2.31 bits per heavy atom. The first-order chi connectivity index (χ1) is 15.7. The number of hydrogen-bond acceptors (Lipinski definition) is 6. The molecule has 0 amide bonds. The van der Waals surface area contributed by atoms with Gasteiger partial charge in [0.15, 0.2) is 0 Å². The van der Waals surface area contributed by atoms with Gasteiger partial charge in [0.25, 0.3) is 0 Å². The average molecular weight is 436 g/mol. The summed E-state index contributed by atoms with van der Waals surface area (Å²) in [5.74, 6) is -0.347. The maximum absolute atomic E-state index is 10.9. The fourth-order valence-corrected chi connectivity index (χ4v) is 3.29. The highest BCUT2D eigenvalue weighted by Crippen LogP contribution is 2.29. The Hall–Kier alpha value is -3.04. The van der Waals surface area contributed by atoms with Gasteiger partial charge in [-0.2, -0.15) is 10.4 Å². The molecule has 170 valence electrons. The number of azo groups is 1. The zero-order chi connectivity index (χ0) is 22.9. The largest absolute Gasteiger partial charge is 0.463 e. The van der Waals surface area contributed by atoms with Crippen LogP contribution in [0.4, 0.5) is 5.69 Å². The van der Waals surface area contributed by atoms with Crippen LogP contribution >= 0.6 is 0 Å². The van der Waals surface area contributed by atoms with Gasteiger partial charge < -0.3 is 9.47 Å². The van der Waals surface area contributed by atoms with Gasteiger partial charge in [-0.3, -0.25) is 0 Å². The third kappa shape index (κ3) is 9.84. The number of esters is 1. The van der Waals surface area contributed by atoms with Crippen LogP contribution in [0.3, 0.4) is 0 Å². The second-order valence-corrected chi connectivity index (χ2v) is 7.74. The number of rotatable bonds is 15. The molecule has 0 radical (unpaired) electrons. The predicted octanol–water partition coefficient (Wildman–Crippen LogP) is 6.74. The van der Waals surface area contributed by atoms with Gasteiger partial charge in [0.05, 0.1) is 18.4 Å². The molecule has 1 aliphatic rings. The van der Waals surface area contributed by atoms with Crippen LogP contribution in [0.15, 0.2) is 77.0 Å². The fourth-order valence-electron chi connectivity index (χ4n) is 3.29. The molecule has 6 nitrogen and oxygen atoms in total. The summed E-state index contributed by atoms with van der Waals surface area (Å²) in [4.78, 5) is 10.9. The number of ether oxygens (including phenoxy) is 2. The number of unbranched alkanes of at least 4 members (excludes halogenated alkanes) is 7. The van der Waals surface area contributed by atoms with E-state index in [1.807, 2.05) is 42.5 Å². The van der Waals surface area contributed by atoms with E-state index in [0.29, 0.717) is 25.2 Å². The smallest absolute Gasteiger partial charge is 0.330 e. The number of nitriles is 1. The molecule has 0 saturated heterocycles. The molecule has 0 aromatic heterocycles. The Labute approximate surface area is 191 Å². The quantitative estimate of drug-likeness (QED) is 0.132. The predicted molar refractivity (Wildman–Crippen MR) is 125 cm³/mol. The molecule has 0 heterocycles. The highest BCUT2D eigenvalue weighted by molar-refractivity contribution is 5.81. The molecule has 0 N–H and O–H groups in total. The third-order valence-electron chi connectivity index (χ3n) is 5.16. The van der Waals surface area contributed by atoms with Crippen molar-refractivity contribution in [1.82, 2.24) is 0 Å². The number of allylic oxidation sites excluding steroid dienone is 2. The summed E-state index contributed by atoms with van der Waals surface area (Å²) in [6, 6.07) is 11.7. The Morgan fingerprint density at radius 1 is 1.06 bits per heavy atom. The fraction of sp³-hybridized carbons (Fsp3) is 0.462. The van der Waals surface area contributed by atoms with Crippen LogP contribution in [-0.4, -0.2) is 24.9 Å². The lowest BCUT2D eigenvalue weighted by atomic mass is 10.0. The van der Waals surface area contributed by atoms with Crippen LogP contribution in [-0.2, 0) is 14.3 Å². The molecule has 1 aliphatic carbocycles. The Bertz CT molecular complexity index is 840. The second-order valence-electron chi connectivity index (χ2n) is 7.74. The summed E-state index contributed by atoms with van der Waals surface area (Å²) in [7, 11) is 0. The monoisotopic (exact) mass is 435 g/mol. The van der Waals surface area contributed by atoms with Gasteiger partial charge in [-0.05, 0) is 37.1 Å². The highest BCUT2D eigenvalue weighted by atomic mass is 16.5. The van der Waals surface area contributed by atoms with Crippen molar-refractivity contribution in [3.8, 4) is 6.07 Å². The molecule has 1 atom stereocenters. The van der Waals surface area contributed by atoms with E-state index in [9.17, 15) is 4.79 Å². The first-order valence-corrected chi connectivity index (χ1v) is 11.4. The molecular formula is C26H33N3O3. The summed E-state index contributed by atoms with van der Waals surface area (Å²) in [5.41, 5.74) is 0.557. The molecule has 1 aromatic rings. The lowest BCUT2D eigenvalue weighted by molar-refractivity contribution is -0.137. The number of benzene rings is 1. The minimum absolute atomic E-state index is 0.347. The number of carbonyl (C=O) groups is 1. The number of carbonyl (C=O) groups excluding carboxylic acids is 1. The van der Waals surface area contributed by atoms with E-state index in [0.717, 1.165) is 37.8 Å². The first kappa shape index (κ1) is 25.2. The molecule has 0 aliphatic heterocycles. The Morgan fingerprint density at radius 2 is 1.72 bits per heavy atom. The van der Waals surface area contributed by atoms with Crippen LogP contribution in [0, 0.1) is 11.3 Å². The topological polar surface area (TPSA) is 84.0 Å². The van der Waals surface area contributed by atoms with Crippen molar-refractivity contribution in [3.05, 3.63) is 66.8 Å². The molecular weight excluding hydrogens is 402 g/mol. The molecule has 0 spiro atoms. The van der Waals surface area contributed by atoms with Crippen LogP contribution < -0.4 is 0 Å². The van der Waals surface area contributed by atoms with Crippen LogP contribution in [0.5, 0.6) is 0 Å². The van der Waals surface area contributed by atoms with Gasteiger partial charge in [-0.25, -0.2) is 4.79 Å². The van der Waals surface area contributed by atoms with Gasteiger partial charge in [-0.15, -0.1) is 5.11 Å². The molecule has 2 rings (SSSR count). The molecule has 1 unspecified atom stereocenters. The maximum Gasteiger partial charge on any atom is 0.330 e. The van der Waals surface area contributed by atoms with Crippen molar-refractivity contribution in [2.45, 2.75) is 63.5 Å². The van der Waals surface area contributed by atoms with Crippen molar-refractivity contribution in [2.75, 3.05) is 13.2 Å². The lowest BCUT2D eigenvalue weighted by Gasteiger charge is -2.26. The minimum atomic E-state index is -0.842. The second kappa shape index (κ2) is 14.9. The normalized spacial score (nSPS) is 17.7. The zero-order valence-corrected chi connectivity index (χ0v) is 18.7. The van der Waals surface area contributed by atoms with E-state index in [4.69, 9.17) is 14.7 Å². The van der Waals surface area contributed by atoms with Gasteiger partial charge in [0.1, 0.15) is 0 Å². The van der Waals surface area contributed by atoms with Gasteiger partial charge in [0.2, 0.25) is 5.72 Å². The molecule has 0 fully saturated rings. The minimum Gasteiger partial charge on any atom is -0.463 e. The maximum atomic E-state index is 10.9. The summed E-state index contributed by atoms with van der Waals surface area (Å²) in [5, 5.41) is 17.9. The highest BCUT2D eigenvalue weighted by Gasteiger charge is 2.29. The Kier molecular flexibility index (Phi) is 11.7. The zero-order valence-electron chi connectivity index (χ0n) is 18.7. The summed E-state index contributed by atoms with van der Waals surface area (Å²) < 4.78 is 11.1. The molecule has 0 saturated carbocycles. The van der Waals surface area contributed by atoms with Crippen molar-refractivity contribution in [3.63, 3.8) is 0 Å².